The third-order valence-corrected chi connectivity index (χ3v) is 3.03. The molecule has 8 heteroatoms. The fraction of sp³-hybridized carbons (Fsp3) is 0.385. The van der Waals surface area contributed by atoms with Crippen molar-refractivity contribution in [3.63, 3.8) is 0 Å². The lowest BCUT2D eigenvalue weighted by atomic mass is 10.2. The van der Waals surface area contributed by atoms with Gasteiger partial charge in [0.05, 0.1) is 5.69 Å². The largest absolute Gasteiger partial charge is 0.480 e. The van der Waals surface area contributed by atoms with Gasteiger partial charge in [-0.15, -0.1) is 0 Å². The Morgan fingerprint density at radius 2 is 2.10 bits per heavy atom. The predicted octanol–water partition coefficient (Wildman–Crippen LogP) is 0.282. The van der Waals surface area contributed by atoms with E-state index in [1.165, 1.54) is 21.8 Å². The number of carbonyl (C=O) groups excluding carboxylic acids is 1. The van der Waals surface area contributed by atoms with E-state index in [2.05, 4.69) is 10.2 Å². The summed E-state index contributed by atoms with van der Waals surface area (Å²) >= 11 is 0. The number of aryl methyl sites for hydroxylation is 2. The summed E-state index contributed by atoms with van der Waals surface area (Å²) in [5.41, 5.74) is 2.05. The lowest BCUT2D eigenvalue weighted by Crippen LogP contribution is -2.27. The number of aromatic nitrogens is 4. The molecule has 0 unspecified atom stereocenters. The maximum absolute atomic E-state index is 12.2. The Morgan fingerprint density at radius 1 is 1.38 bits per heavy atom. The second-order valence-corrected chi connectivity index (χ2v) is 4.87. The minimum absolute atomic E-state index is 0.222. The van der Waals surface area contributed by atoms with Crippen molar-refractivity contribution >= 4 is 11.9 Å². The van der Waals surface area contributed by atoms with E-state index in [-0.39, 0.29) is 18.1 Å². The lowest BCUT2D eigenvalue weighted by molar-refractivity contribution is -0.137. The Bertz CT molecular complexity index is 673. The van der Waals surface area contributed by atoms with Crippen LogP contribution in [-0.2, 0) is 24.9 Å². The van der Waals surface area contributed by atoms with Gasteiger partial charge in [-0.3, -0.25) is 19.0 Å². The third-order valence-electron chi connectivity index (χ3n) is 3.03. The third kappa shape index (κ3) is 3.47. The molecule has 0 aliphatic rings. The topological polar surface area (TPSA) is 93.2 Å². The van der Waals surface area contributed by atoms with Crippen molar-refractivity contribution in [3.05, 3.63) is 35.4 Å². The van der Waals surface area contributed by atoms with Gasteiger partial charge in [-0.25, -0.2) is 0 Å². The average Bonchev–Trinajstić information content (AvgIpc) is 2.95. The SMILES string of the molecule is Cc1nn(C)cc1CN(C)C(=O)c1ccn(CC(=O)O)n1. The summed E-state index contributed by atoms with van der Waals surface area (Å²) in [6.45, 7) is 2.04. The van der Waals surface area contributed by atoms with Crippen LogP contribution in [0, 0.1) is 6.92 Å². The molecule has 2 heterocycles. The van der Waals surface area contributed by atoms with E-state index in [0.29, 0.717) is 6.54 Å². The van der Waals surface area contributed by atoms with E-state index in [1.54, 1.807) is 11.7 Å². The van der Waals surface area contributed by atoms with Crippen molar-refractivity contribution in [2.24, 2.45) is 7.05 Å². The van der Waals surface area contributed by atoms with E-state index in [1.807, 2.05) is 20.2 Å². The second-order valence-electron chi connectivity index (χ2n) is 4.87. The van der Waals surface area contributed by atoms with E-state index < -0.39 is 5.97 Å². The number of nitrogens with zero attached hydrogens (tertiary/aromatic N) is 5. The number of amides is 1. The molecular formula is C13H17N5O3. The smallest absolute Gasteiger partial charge is 0.325 e. The van der Waals surface area contributed by atoms with E-state index in [9.17, 15) is 9.59 Å². The normalized spacial score (nSPS) is 10.6. The molecule has 112 valence electrons. The monoisotopic (exact) mass is 291 g/mol. The summed E-state index contributed by atoms with van der Waals surface area (Å²) in [5, 5.41) is 16.9. The summed E-state index contributed by atoms with van der Waals surface area (Å²) in [7, 11) is 3.50. The minimum atomic E-state index is -1.00. The molecule has 0 saturated heterocycles. The van der Waals surface area contributed by atoms with Gasteiger partial charge in [0, 0.05) is 38.6 Å². The van der Waals surface area contributed by atoms with Gasteiger partial charge in [0.2, 0.25) is 0 Å². The number of hydrogen-bond acceptors (Lipinski definition) is 4. The molecule has 1 N–H and O–H groups in total. The molecule has 0 aromatic carbocycles. The molecule has 1 amide bonds. The zero-order valence-electron chi connectivity index (χ0n) is 12.1. The van der Waals surface area contributed by atoms with Crippen molar-refractivity contribution in [1.29, 1.82) is 0 Å². The highest BCUT2D eigenvalue weighted by molar-refractivity contribution is 5.92. The van der Waals surface area contributed by atoms with Gasteiger partial charge in [0.1, 0.15) is 12.2 Å². The molecular weight excluding hydrogens is 274 g/mol. The standard InChI is InChI=1S/C13H17N5O3/c1-9-10(7-17(3)14-9)6-16(2)13(21)11-4-5-18(15-11)8-12(19)20/h4-5,7H,6,8H2,1-3H3,(H,19,20). The molecule has 2 aromatic rings. The first-order valence-electron chi connectivity index (χ1n) is 6.36. The Morgan fingerprint density at radius 3 is 2.67 bits per heavy atom. The summed E-state index contributed by atoms with van der Waals surface area (Å²) in [5.74, 6) is -1.26. The van der Waals surface area contributed by atoms with Crippen LogP contribution in [0.15, 0.2) is 18.5 Å². The first-order valence-corrected chi connectivity index (χ1v) is 6.36. The molecule has 0 atom stereocenters. The Hall–Kier alpha value is -2.64. The quantitative estimate of drug-likeness (QED) is 0.854. The highest BCUT2D eigenvalue weighted by atomic mass is 16.4. The number of rotatable bonds is 5. The summed E-state index contributed by atoms with van der Waals surface area (Å²) in [6, 6.07) is 1.51. The summed E-state index contributed by atoms with van der Waals surface area (Å²) in [6.07, 6.45) is 3.34. The van der Waals surface area contributed by atoms with Crippen LogP contribution in [0.5, 0.6) is 0 Å². The van der Waals surface area contributed by atoms with Crippen molar-refractivity contribution in [3.8, 4) is 0 Å². The van der Waals surface area contributed by atoms with Gasteiger partial charge < -0.3 is 10.0 Å². The molecule has 8 nitrogen and oxygen atoms in total. The molecule has 2 aromatic heterocycles. The van der Waals surface area contributed by atoms with Crippen molar-refractivity contribution in [1.82, 2.24) is 24.5 Å². The molecule has 0 radical (unpaired) electrons. The summed E-state index contributed by atoms with van der Waals surface area (Å²) in [4.78, 5) is 24.4. The zero-order valence-corrected chi connectivity index (χ0v) is 12.1. The molecule has 0 spiro atoms. The van der Waals surface area contributed by atoms with Crippen LogP contribution in [0.25, 0.3) is 0 Å². The Kier molecular flexibility index (Phi) is 4.06. The molecule has 0 saturated carbocycles. The van der Waals surface area contributed by atoms with Crippen molar-refractivity contribution in [2.75, 3.05) is 7.05 Å². The lowest BCUT2D eigenvalue weighted by Gasteiger charge is -2.15. The number of aliphatic carboxylic acids is 1. The number of hydrogen-bond donors (Lipinski definition) is 1. The van der Waals surface area contributed by atoms with E-state index >= 15 is 0 Å². The van der Waals surface area contributed by atoms with E-state index in [4.69, 9.17) is 5.11 Å². The first-order chi connectivity index (χ1) is 9.86. The number of carbonyl (C=O) groups is 2. The van der Waals surface area contributed by atoms with Crippen LogP contribution in [0.3, 0.4) is 0 Å². The van der Waals surface area contributed by atoms with Crippen molar-refractivity contribution < 1.29 is 14.7 Å². The number of carboxylic acid groups (broad SMARTS) is 1. The minimum Gasteiger partial charge on any atom is -0.480 e. The van der Waals surface area contributed by atoms with Gasteiger partial charge >= 0.3 is 5.97 Å². The molecule has 2 rings (SSSR count). The zero-order chi connectivity index (χ0) is 15.6. The predicted molar refractivity (Wildman–Crippen MR) is 73.6 cm³/mol. The van der Waals surface area contributed by atoms with Crippen LogP contribution >= 0.6 is 0 Å². The van der Waals surface area contributed by atoms with Gasteiger partial charge in [-0.2, -0.15) is 10.2 Å². The van der Waals surface area contributed by atoms with Gasteiger partial charge in [-0.05, 0) is 13.0 Å². The first kappa shape index (κ1) is 14.8. The van der Waals surface area contributed by atoms with Crippen molar-refractivity contribution in [2.45, 2.75) is 20.0 Å². The van der Waals surface area contributed by atoms with Crippen LogP contribution in [0.2, 0.25) is 0 Å². The highest BCUT2D eigenvalue weighted by Gasteiger charge is 2.17. The van der Waals surface area contributed by atoms with Crippen LogP contribution in [0.4, 0.5) is 0 Å². The molecule has 0 fully saturated rings. The number of carboxylic acids is 1. The van der Waals surface area contributed by atoms with Gasteiger partial charge in [0.25, 0.3) is 5.91 Å². The maximum Gasteiger partial charge on any atom is 0.325 e. The fourth-order valence-corrected chi connectivity index (χ4v) is 2.03. The second kappa shape index (κ2) is 5.78. The highest BCUT2D eigenvalue weighted by Crippen LogP contribution is 2.10. The van der Waals surface area contributed by atoms with E-state index in [0.717, 1.165) is 11.3 Å². The van der Waals surface area contributed by atoms with Crippen LogP contribution < -0.4 is 0 Å². The van der Waals surface area contributed by atoms with Gasteiger partial charge in [0.15, 0.2) is 0 Å². The fourth-order valence-electron chi connectivity index (χ4n) is 2.03. The Balaban J connectivity index is 2.06. The van der Waals surface area contributed by atoms with Crippen LogP contribution in [-0.4, -0.2) is 48.5 Å². The van der Waals surface area contributed by atoms with Gasteiger partial charge in [-0.1, -0.05) is 0 Å². The maximum atomic E-state index is 12.2. The molecule has 21 heavy (non-hydrogen) atoms. The molecule has 0 aliphatic heterocycles. The molecule has 0 bridgehead atoms. The summed E-state index contributed by atoms with van der Waals surface area (Å²) < 4.78 is 2.92. The average molecular weight is 291 g/mol. The molecule has 0 aliphatic carbocycles. The Labute approximate surface area is 121 Å². The van der Waals surface area contributed by atoms with Crippen LogP contribution in [0.1, 0.15) is 21.7 Å².